The van der Waals surface area contributed by atoms with Gasteiger partial charge in [0, 0.05) is 31.6 Å². The molecule has 0 radical (unpaired) electrons. The van der Waals surface area contributed by atoms with Crippen LogP contribution < -0.4 is 10.1 Å². The van der Waals surface area contributed by atoms with Gasteiger partial charge >= 0.3 is 12.1 Å². The lowest BCUT2D eigenvalue weighted by Crippen LogP contribution is -2.50. The predicted molar refractivity (Wildman–Crippen MR) is 112 cm³/mol. The van der Waals surface area contributed by atoms with Gasteiger partial charge in [-0.1, -0.05) is 12.1 Å². The van der Waals surface area contributed by atoms with E-state index in [2.05, 4.69) is 37.9 Å². The van der Waals surface area contributed by atoms with E-state index in [0.717, 1.165) is 5.56 Å². The smallest absolute Gasteiger partial charge is 0.407 e. The molecule has 0 unspecified atom stereocenters. The third kappa shape index (κ3) is 9.22. The normalized spacial score (nSPS) is 13.0. The Bertz CT molecular complexity index is 625. The summed E-state index contributed by atoms with van der Waals surface area (Å²) in [5.74, 6) is 0.167. The van der Waals surface area contributed by atoms with Crippen molar-refractivity contribution in [1.29, 1.82) is 0 Å². The summed E-state index contributed by atoms with van der Waals surface area (Å²) >= 11 is 0. The van der Waals surface area contributed by atoms with Crippen molar-refractivity contribution in [2.75, 3.05) is 6.54 Å². The molecule has 1 rings (SSSR count). The number of esters is 1. The highest BCUT2D eigenvalue weighted by molar-refractivity contribution is 5.69. The van der Waals surface area contributed by atoms with Crippen molar-refractivity contribution in [2.24, 2.45) is 0 Å². The summed E-state index contributed by atoms with van der Waals surface area (Å²) in [6.45, 7) is 16.2. The van der Waals surface area contributed by atoms with Crippen molar-refractivity contribution in [3.63, 3.8) is 0 Å². The summed E-state index contributed by atoms with van der Waals surface area (Å²) in [6, 6.07) is 7.96. The largest absolute Gasteiger partial charge is 0.444 e. The highest BCUT2D eigenvalue weighted by Crippen LogP contribution is 2.16. The summed E-state index contributed by atoms with van der Waals surface area (Å²) in [4.78, 5) is 25.8. The summed E-state index contributed by atoms with van der Waals surface area (Å²) in [5.41, 5.74) is 0.500. The first-order chi connectivity index (χ1) is 12.9. The molecule has 1 N–H and O–H groups in total. The molecule has 0 aliphatic heterocycles. The van der Waals surface area contributed by atoms with Crippen LogP contribution in [0, 0.1) is 0 Å². The number of carbonyl (C=O) groups is 2. The Hall–Kier alpha value is -2.08. The van der Waals surface area contributed by atoms with Crippen LogP contribution in [0.25, 0.3) is 0 Å². The minimum absolute atomic E-state index is 0.112. The number of amides is 1. The maximum absolute atomic E-state index is 12.3. The molecule has 0 aliphatic carbocycles. The molecule has 0 bridgehead atoms. The minimum atomic E-state index is -0.546. The van der Waals surface area contributed by atoms with Crippen molar-refractivity contribution >= 4 is 12.1 Å². The van der Waals surface area contributed by atoms with Crippen molar-refractivity contribution in [1.82, 2.24) is 10.2 Å². The van der Waals surface area contributed by atoms with E-state index in [4.69, 9.17) is 9.47 Å². The van der Waals surface area contributed by atoms with Gasteiger partial charge in [-0.15, -0.1) is 0 Å². The van der Waals surface area contributed by atoms with Gasteiger partial charge in [-0.05, 0) is 72.6 Å². The van der Waals surface area contributed by atoms with E-state index in [0.29, 0.717) is 30.8 Å². The number of nitrogens with one attached hydrogen (secondary N) is 1. The zero-order valence-electron chi connectivity index (χ0n) is 18.5. The number of benzene rings is 1. The number of hydrogen-bond acceptors (Lipinski definition) is 5. The van der Waals surface area contributed by atoms with Crippen LogP contribution in [0.2, 0.25) is 0 Å². The molecule has 0 aliphatic rings. The zero-order chi connectivity index (χ0) is 21.5. The van der Waals surface area contributed by atoms with E-state index >= 15 is 0 Å². The van der Waals surface area contributed by atoms with Gasteiger partial charge in [0.05, 0.1) is 0 Å². The third-order valence-electron chi connectivity index (χ3n) is 4.15. The average molecular weight is 393 g/mol. The highest BCUT2D eigenvalue weighted by Gasteiger charge is 2.24. The maximum atomic E-state index is 12.3. The summed E-state index contributed by atoms with van der Waals surface area (Å²) in [5, 5.41) is 3.02. The fourth-order valence-electron chi connectivity index (χ4n) is 3.05. The molecule has 1 aromatic carbocycles. The van der Waals surface area contributed by atoms with Crippen LogP contribution in [-0.4, -0.2) is 47.2 Å². The molecule has 1 aromatic rings. The van der Waals surface area contributed by atoms with Gasteiger partial charge in [0.25, 0.3) is 0 Å². The molecule has 0 aromatic heterocycles. The van der Waals surface area contributed by atoms with Crippen LogP contribution in [0.4, 0.5) is 4.79 Å². The van der Waals surface area contributed by atoms with Gasteiger partial charge in [0.2, 0.25) is 0 Å². The van der Waals surface area contributed by atoms with Crippen LogP contribution in [0.15, 0.2) is 24.3 Å². The molecule has 0 fully saturated rings. The lowest BCUT2D eigenvalue weighted by atomic mass is 10.0. The van der Waals surface area contributed by atoms with E-state index in [9.17, 15) is 9.59 Å². The number of alkyl carbamates (subject to hydrolysis) is 1. The van der Waals surface area contributed by atoms with Gasteiger partial charge in [0.15, 0.2) is 0 Å². The summed E-state index contributed by atoms with van der Waals surface area (Å²) in [7, 11) is 0. The molecule has 6 nitrogen and oxygen atoms in total. The van der Waals surface area contributed by atoms with E-state index in [1.165, 1.54) is 6.92 Å². The highest BCUT2D eigenvalue weighted by atomic mass is 16.6. The van der Waals surface area contributed by atoms with Crippen LogP contribution in [0.3, 0.4) is 0 Å². The number of ether oxygens (including phenoxy) is 2. The van der Waals surface area contributed by atoms with Gasteiger partial charge in [0.1, 0.15) is 11.4 Å². The predicted octanol–water partition coefficient (Wildman–Crippen LogP) is 4.17. The molecule has 6 heteroatoms. The Kier molecular flexibility index (Phi) is 8.95. The molecule has 28 heavy (non-hydrogen) atoms. The molecule has 0 heterocycles. The quantitative estimate of drug-likeness (QED) is 0.531. The van der Waals surface area contributed by atoms with Crippen molar-refractivity contribution in [3.8, 4) is 5.75 Å². The Balaban J connectivity index is 2.92. The van der Waals surface area contributed by atoms with E-state index in [1.54, 1.807) is 12.1 Å². The van der Waals surface area contributed by atoms with Crippen LogP contribution in [0.1, 0.15) is 61.0 Å². The van der Waals surface area contributed by atoms with Gasteiger partial charge < -0.3 is 14.8 Å². The number of nitrogens with zero attached hydrogens (tertiary/aromatic N) is 1. The van der Waals surface area contributed by atoms with Gasteiger partial charge in [-0.3, -0.25) is 9.69 Å². The van der Waals surface area contributed by atoms with Crippen LogP contribution in [0.5, 0.6) is 5.75 Å². The van der Waals surface area contributed by atoms with Crippen LogP contribution >= 0.6 is 0 Å². The fourth-order valence-corrected chi connectivity index (χ4v) is 3.05. The minimum Gasteiger partial charge on any atom is -0.444 e. The van der Waals surface area contributed by atoms with E-state index < -0.39 is 11.7 Å². The fraction of sp³-hybridized carbons (Fsp3) is 0.636. The number of carbonyl (C=O) groups excluding carboxylic acids is 2. The second kappa shape index (κ2) is 10.5. The molecule has 0 spiro atoms. The maximum Gasteiger partial charge on any atom is 0.407 e. The Morgan fingerprint density at radius 2 is 1.57 bits per heavy atom. The molecule has 158 valence electrons. The Labute approximate surface area is 169 Å². The number of hydrogen-bond donors (Lipinski definition) is 1. The van der Waals surface area contributed by atoms with E-state index in [1.807, 2.05) is 32.9 Å². The van der Waals surface area contributed by atoms with Crippen molar-refractivity contribution in [2.45, 2.75) is 85.5 Å². The van der Waals surface area contributed by atoms with Crippen molar-refractivity contribution < 1.29 is 19.1 Å². The first-order valence-corrected chi connectivity index (χ1v) is 9.90. The van der Waals surface area contributed by atoms with Crippen molar-refractivity contribution in [3.05, 3.63) is 29.8 Å². The lowest BCUT2D eigenvalue weighted by molar-refractivity contribution is -0.131. The monoisotopic (exact) mass is 392 g/mol. The van der Waals surface area contributed by atoms with E-state index in [-0.39, 0.29) is 12.0 Å². The summed E-state index contributed by atoms with van der Waals surface area (Å²) < 4.78 is 10.5. The molecular weight excluding hydrogens is 356 g/mol. The Morgan fingerprint density at radius 3 is 2.00 bits per heavy atom. The molecular formula is C22H36N2O4. The second-order valence-electron chi connectivity index (χ2n) is 8.67. The van der Waals surface area contributed by atoms with Gasteiger partial charge in [-0.25, -0.2) is 4.79 Å². The molecule has 1 atom stereocenters. The Morgan fingerprint density at radius 1 is 1.04 bits per heavy atom. The lowest BCUT2D eigenvalue weighted by Gasteiger charge is -2.34. The second-order valence-corrected chi connectivity index (χ2v) is 8.67. The first-order valence-electron chi connectivity index (χ1n) is 9.90. The summed E-state index contributed by atoms with van der Waals surface area (Å²) in [6.07, 6.45) is 0.233. The SMILES string of the molecule is CC(=O)Oc1ccc(C[C@@H](CN(C(C)C)C(C)C)NC(=O)OC(C)(C)C)cc1. The molecule has 0 saturated heterocycles. The number of rotatable bonds is 8. The first kappa shape index (κ1) is 24.0. The standard InChI is InChI=1S/C22H36N2O4/c1-15(2)24(16(3)4)14-19(23-21(26)28-22(6,7)8)13-18-9-11-20(12-10-18)27-17(5)25/h9-12,15-16,19H,13-14H2,1-8H3,(H,23,26)/t19-/m0/s1. The van der Waals surface area contributed by atoms with Gasteiger partial charge in [-0.2, -0.15) is 0 Å². The third-order valence-corrected chi connectivity index (χ3v) is 4.15. The molecule has 0 saturated carbocycles. The topological polar surface area (TPSA) is 67.9 Å². The zero-order valence-corrected chi connectivity index (χ0v) is 18.5. The average Bonchev–Trinajstić information content (AvgIpc) is 2.51. The molecule has 1 amide bonds. The van der Waals surface area contributed by atoms with Crippen LogP contribution in [-0.2, 0) is 16.0 Å².